The number of aryl methyl sites for hydroxylation is 2. The van der Waals surface area contributed by atoms with Crippen LogP contribution >= 0.6 is 11.3 Å². The molecule has 74 valence electrons. The van der Waals surface area contributed by atoms with E-state index in [-0.39, 0.29) is 6.04 Å². The topological polar surface area (TPSA) is 35.8 Å². The minimum Gasteiger partial charge on any atom is -0.295 e. The van der Waals surface area contributed by atoms with Crippen LogP contribution in [0.2, 0.25) is 0 Å². The van der Waals surface area contributed by atoms with Crippen LogP contribution in [0.5, 0.6) is 0 Å². The van der Waals surface area contributed by atoms with Crippen molar-refractivity contribution in [1.29, 1.82) is 5.26 Å². The number of nitriles is 1. The second-order valence-corrected chi connectivity index (χ2v) is 4.59. The van der Waals surface area contributed by atoms with E-state index < -0.39 is 0 Å². The van der Waals surface area contributed by atoms with Crippen LogP contribution < -0.4 is 5.32 Å². The van der Waals surface area contributed by atoms with E-state index in [9.17, 15) is 0 Å². The molecule has 0 spiro atoms. The zero-order valence-electron chi connectivity index (χ0n) is 8.50. The van der Waals surface area contributed by atoms with Crippen molar-refractivity contribution < 1.29 is 0 Å². The molecular weight excluding hydrogens is 192 g/mol. The molecule has 1 atom stereocenters. The van der Waals surface area contributed by atoms with Gasteiger partial charge < -0.3 is 0 Å². The molecule has 14 heavy (non-hydrogen) atoms. The molecule has 0 aliphatic rings. The minimum absolute atomic E-state index is 0.210. The molecule has 1 heterocycles. The highest BCUT2D eigenvalue weighted by molar-refractivity contribution is 7.12. The van der Waals surface area contributed by atoms with Crippen molar-refractivity contribution in [1.82, 2.24) is 5.32 Å². The van der Waals surface area contributed by atoms with E-state index in [1.807, 2.05) is 6.92 Å². The van der Waals surface area contributed by atoms with E-state index in [2.05, 4.69) is 31.0 Å². The second-order valence-electron chi connectivity index (χ2n) is 3.13. The fourth-order valence-corrected chi connectivity index (χ4v) is 2.33. The SMILES string of the molecule is C=CCNC(C#N)c1cc(C)sc1C. The number of thiophene rings is 1. The second kappa shape index (κ2) is 4.94. The number of nitrogens with zero attached hydrogens (tertiary/aromatic N) is 1. The van der Waals surface area contributed by atoms with Gasteiger partial charge in [0.2, 0.25) is 0 Å². The molecule has 0 saturated heterocycles. The maximum absolute atomic E-state index is 9.00. The van der Waals surface area contributed by atoms with Crippen molar-refractivity contribution in [3.63, 3.8) is 0 Å². The van der Waals surface area contributed by atoms with Gasteiger partial charge in [0, 0.05) is 16.3 Å². The van der Waals surface area contributed by atoms with Gasteiger partial charge in [-0.15, -0.1) is 17.9 Å². The third-order valence-electron chi connectivity index (χ3n) is 1.99. The highest BCUT2D eigenvalue weighted by Gasteiger charge is 2.13. The van der Waals surface area contributed by atoms with Gasteiger partial charge in [0.15, 0.2) is 0 Å². The summed E-state index contributed by atoms with van der Waals surface area (Å²) in [6, 6.07) is 4.12. The van der Waals surface area contributed by atoms with Gasteiger partial charge in [-0.3, -0.25) is 5.32 Å². The molecule has 1 rings (SSSR count). The Kier molecular flexibility index (Phi) is 3.87. The van der Waals surface area contributed by atoms with Crippen LogP contribution in [0.3, 0.4) is 0 Å². The average molecular weight is 206 g/mol. The molecule has 3 heteroatoms. The normalized spacial score (nSPS) is 12.1. The molecule has 0 amide bonds. The van der Waals surface area contributed by atoms with Crippen molar-refractivity contribution >= 4 is 11.3 Å². The third-order valence-corrected chi connectivity index (χ3v) is 2.97. The van der Waals surface area contributed by atoms with Gasteiger partial charge in [-0.25, -0.2) is 0 Å². The molecule has 1 N–H and O–H groups in total. The largest absolute Gasteiger partial charge is 0.295 e. The maximum atomic E-state index is 9.00. The summed E-state index contributed by atoms with van der Waals surface area (Å²) in [5, 5.41) is 12.1. The Morgan fingerprint density at radius 2 is 2.43 bits per heavy atom. The number of hydrogen-bond acceptors (Lipinski definition) is 3. The molecule has 0 aliphatic heterocycles. The molecule has 2 nitrogen and oxygen atoms in total. The Balaban J connectivity index is 2.84. The fraction of sp³-hybridized carbons (Fsp3) is 0.364. The molecule has 0 saturated carbocycles. The van der Waals surface area contributed by atoms with Crippen molar-refractivity contribution in [2.24, 2.45) is 0 Å². The summed E-state index contributed by atoms with van der Waals surface area (Å²) in [7, 11) is 0. The maximum Gasteiger partial charge on any atom is 0.122 e. The Labute approximate surface area is 88.9 Å². The summed E-state index contributed by atoms with van der Waals surface area (Å²) in [5.74, 6) is 0. The van der Waals surface area contributed by atoms with Gasteiger partial charge in [-0.2, -0.15) is 5.26 Å². The van der Waals surface area contributed by atoms with Crippen LogP contribution in [-0.2, 0) is 0 Å². The molecule has 1 unspecified atom stereocenters. The predicted molar refractivity (Wildman–Crippen MR) is 60.3 cm³/mol. The lowest BCUT2D eigenvalue weighted by Crippen LogP contribution is -2.19. The lowest BCUT2D eigenvalue weighted by atomic mass is 10.1. The zero-order valence-corrected chi connectivity index (χ0v) is 9.32. The molecule has 0 fully saturated rings. The Hall–Kier alpha value is -1.11. The van der Waals surface area contributed by atoms with Gasteiger partial charge in [0.05, 0.1) is 6.07 Å². The summed E-state index contributed by atoms with van der Waals surface area (Å²) in [4.78, 5) is 2.46. The molecule has 0 radical (unpaired) electrons. The van der Waals surface area contributed by atoms with E-state index in [0.717, 1.165) is 5.56 Å². The van der Waals surface area contributed by atoms with Gasteiger partial charge in [-0.05, 0) is 25.5 Å². The molecule has 0 aliphatic carbocycles. The highest BCUT2D eigenvalue weighted by atomic mass is 32.1. The van der Waals surface area contributed by atoms with Gasteiger partial charge in [0.25, 0.3) is 0 Å². The van der Waals surface area contributed by atoms with Crippen molar-refractivity contribution in [2.45, 2.75) is 19.9 Å². The Bertz CT molecular complexity index is 360. The summed E-state index contributed by atoms with van der Waals surface area (Å²) in [6.45, 7) is 8.39. The zero-order chi connectivity index (χ0) is 10.6. The first-order chi connectivity index (χ1) is 6.69. The monoisotopic (exact) mass is 206 g/mol. The summed E-state index contributed by atoms with van der Waals surface area (Å²) in [5.41, 5.74) is 1.09. The van der Waals surface area contributed by atoms with E-state index in [1.54, 1.807) is 17.4 Å². The van der Waals surface area contributed by atoms with E-state index >= 15 is 0 Å². The lowest BCUT2D eigenvalue weighted by molar-refractivity contribution is 0.682. The molecule has 1 aromatic rings. The molecule has 0 aromatic carbocycles. The number of nitrogens with one attached hydrogen (secondary N) is 1. The standard InChI is InChI=1S/C11H14N2S/c1-4-5-13-11(7-12)10-6-8(2)14-9(10)3/h4,6,11,13H,1,5H2,2-3H3. The minimum atomic E-state index is -0.210. The summed E-state index contributed by atoms with van der Waals surface area (Å²) < 4.78 is 0. The molecular formula is C11H14N2S. The quantitative estimate of drug-likeness (QED) is 0.769. The van der Waals surface area contributed by atoms with Gasteiger partial charge in [0.1, 0.15) is 6.04 Å². The fourth-order valence-electron chi connectivity index (χ4n) is 1.36. The molecule has 0 bridgehead atoms. The van der Waals surface area contributed by atoms with Crippen molar-refractivity contribution in [3.8, 4) is 6.07 Å². The summed E-state index contributed by atoms with van der Waals surface area (Å²) >= 11 is 1.73. The van der Waals surface area contributed by atoms with Crippen LogP contribution in [0.4, 0.5) is 0 Å². The first-order valence-corrected chi connectivity index (χ1v) is 5.31. The third kappa shape index (κ3) is 2.44. The van der Waals surface area contributed by atoms with Crippen LogP contribution in [0.1, 0.15) is 21.4 Å². The van der Waals surface area contributed by atoms with Crippen LogP contribution in [-0.4, -0.2) is 6.54 Å². The highest BCUT2D eigenvalue weighted by Crippen LogP contribution is 2.25. The predicted octanol–water partition coefficient (Wildman–Crippen LogP) is 2.71. The number of hydrogen-bond donors (Lipinski definition) is 1. The molecule has 1 aromatic heterocycles. The van der Waals surface area contributed by atoms with Crippen molar-refractivity contribution in [2.75, 3.05) is 6.54 Å². The van der Waals surface area contributed by atoms with E-state index in [1.165, 1.54) is 9.75 Å². The van der Waals surface area contributed by atoms with Crippen LogP contribution in [0.25, 0.3) is 0 Å². The van der Waals surface area contributed by atoms with Crippen LogP contribution in [0, 0.1) is 25.2 Å². The van der Waals surface area contributed by atoms with E-state index in [4.69, 9.17) is 5.26 Å². The summed E-state index contributed by atoms with van der Waals surface area (Å²) in [6.07, 6.45) is 1.76. The smallest absolute Gasteiger partial charge is 0.122 e. The lowest BCUT2D eigenvalue weighted by Gasteiger charge is -2.08. The first-order valence-electron chi connectivity index (χ1n) is 4.50. The first kappa shape index (κ1) is 11.0. The number of rotatable bonds is 4. The van der Waals surface area contributed by atoms with E-state index in [0.29, 0.717) is 6.54 Å². The van der Waals surface area contributed by atoms with Gasteiger partial charge >= 0.3 is 0 Å². The Morgan fingerprint density at radius 3 is 2.86 bits per heavy atom. The van der Waals surface area contributed by atoms with Crippen molar-refractivity contribution in [3.05, 3.63) is 34.0 Å². The Morgan fingerprint density at radius 1 is 1.71 bits per heavy atom. The van der Waals surface area contributed by atoms with Crippen LogP contribution in [0.15, 0.2) is 18.7 Å². The van der Waals surface area contributed by atoms with Gasteiger partial charge in [-0.1, -0.05) is 6.08 Å². The average Bonchev–Trinajstić information content (AvgIpc) is 2.47.